The standard InChI is InChI=1S/C18H22O4.Na/c1-17(2,3)10-7-11-13(19)9-14(16(20)21)22-15(11)12(8-10)18(4,5)6;/h7-9H,1-6H3,(H,20,21);/q;+1/p-1. The third-order valence-electron chi connectivity index (χ3n) is 3.70. The number of carboxylic acids is 1. The third-order valence-corrected chi connectivity index (χ3v) is 3.70. The molecule has 0 saturated heterocycles. The van der Waals surface area contributed by atoms with Crippen LogP contribution in [0.25, 0.3) is 11.0 Å². The van der Waals surface area contributed by atoms with E-state index in [1.807, 2.05) is 26.8 Å². The van der Waals surface area contributed by atoms with E-state index in [9.17, 15) is 14.7 Å². The summed E-state index contributed by atoms with van der Waals surface area (Å²) in [5.74, 6) is -1.93. The van der Waals surface area contributed by atoms with Gasteiger partial charge in [0.25, 0.3) is 0 Å². The van der Waals surface area contributed by atoms with Gasteiger partial charge in [0.15, 0.2) is 11.2 Å². The molecule has 2 rings (SSSR count). The summed E-state index contributed by atoms with van der Waals surface area (Å²) in [6.07, 6.45) is 0. The zero-order valence-corrected chi connectivity index (χ0v) is 16.9. The Morgan fingerprint density at radius 3 is 2.00 bits per heavy atom. The molecule has 0 aliphatic rings. The third kappa shape index (κ3) is 4.06. The van der Waals surface area contributed by atoms with Crippen molar-refractivity contribution in [2.75, 3.05) is 0 Å². The maximum atomic E-state index is 12.3. The summed E-state index contributed by atoms with van der Waals surface area (Å²) in [5, 5.41) is 11.4. The van der Waals surface area contributed by atoms with E-state index < -0.39 is 11.7 Å². The molecule has 0 atom stereocenters. The van der Waals surface area contributed by atoms with Gasteiger partial charge in [-0.15, -0.1) is 0 Å². The molecule has 4 nitrogen and oxygen atoms in total. The number of fused-ring (bicyclic) bond motifs is 1. The van der Waals surface area contributed by atoms with Crippen LogP contribution in [0.3, 0.4) is 0 Å². The molecule has 0 unspecified atom stereocenters. The molecule has 0 spiro atoms. The fourth-order valence-corrected chi connectivity index (χ4v) is 2.35. The number of carbonyl (C=O) groups excluding carboxylic acids is 1. The quantitative estimate of drug-likeness (QED) is 0.679. The molecule has 0 N–H and O–H groups in total. The predicted molar refractivity (Wildman–Crippen MR) is 84.2 cm³/mol. The number of rotatable bonds is 1. The van der Waals surface area contributed by atoms with Crippen molar-refractivity contribution in [2.45, 2.75) is 52.4 Å². The van der Waals surface area contributed by atoms with Crippen molar-refractivity contribution in [3.8, 4) is 0 Å². The number of aromatic carboxylic acids is 1. The van der Waals surface area contributed by atoms with Crippen LogP contribution in [0.5, 0.6) is 0 Å². The monoisotopic (exact) mass is 324 g/mol. The van der Waals surface area contributed by atoms with Gasteiger partial charge in [0.1, 0.15) is 11.6 Å². The molecule has 0 radical (unpaired) electrons. The Hall–Kier alpha value is -1.10. The minimum atomic E-state index is -1.49. The van der Waals surface area contributed by atoms with Crippen LogP contribution in [0.15, 0.2) is 27.4 Å². The summed E-state index contributed by atoms with van der Waals surface area (Å²) in [6, 6.07) is 4.76. The van der Waals surface area contributed by atoms with Crippen molar-refractivity contribution in [1.29, 1.82) is 0 Å². The first-order chi connectivity index (χ1) is 9.91. The van der Waals surface area contributed by atoms with Gasteiger partial charge in [-0.1, -0.05) is 47.6 Å². The molecule has 0 aliphatic carbocycles. The van der Waals surface area contributed by atoms with E-state index in [1.165, 1.54) is 0 Å². The summed E-state index contributed by atoms with van der Waals surface area (Å²) < 4.78 is 5.47. The van der Waals surface area contributed by atoms with E-state index in [1.54, 1.807) is 6.07 Å². The van der Waals surface area contributed by atoms with Gasteiger partial charge >= 0.3 is 29.6 Å². The normalized spacial score (nSPS) is 12.1. The molecule has 1 heterocycles. The van der Waals surface area contributed by atoms with Crippen LogP contribution in [0.4, 0.5) is 0 Å². The minimum Gasteiger partial charge on any atom is -0.542 e. The van der Waals surface area contributed by atoms with Crippen LogP contribution in [0, 0.1) is 0 Å². The Kier molecular flexibility index (Phi) is 5.57. The van der Waals surface area contributed by atoms with Crippen LogP contribution in [-0.2, 0) is 10.8 Å². The molecular formula is C18H21NaO4. The largest absolute Gasteiger partial charge is 1.00 e. The molecule has 118 valence electrons. The first-order valence-corrected chi connectivity index (χ1v) is 7.25. The molecular weight excluding hydrogens is 303 g/mol. The molecule has 0 saturated carbocycles. The summed E-state index contributed by atoms with van der Waals surface area (Å²) in [6.45, 7) is 12.2. The smallest absolute Gasteiger partial charge is 0.542 e. The number of hydrogen-bond acceptors (Lipinski definition) is 4. The van der Waals surface area contributed by atoms with Gasteiger partial charge < -0.3 is 14.3 Å². The number of hydrogen-bond donors (Lipinski definition) is 0. The van der Waals surface area contributed by atoms with Gasteiger partial charge in [-0.05, 0) is 22.5 Å². The van der Waals surface area contributed by atoms with Gasteiger partial charge in [-0.3, -0.25) is 4.79 Å². The SMILES string of the molecule is CC(C)(C)c1cc(C(C)(C)C)c2oc(C(=O)[O-])cc(=O)c2c1.[Na+]. The van der Waals surface area contributed by atoms with Crippen molar-refractivity contribution in [3.05, 3.63) is 45.3 Å². The summed E-state index contributed by atoms with van der Waals surface area (Å²) >= 11 is 0. The van der Waals surface area contributed by atoms with Gasteiger partial charge in [0, 0.05) is 11.6 Å². The van der Waals surface area contributed by atoms with E-state index in [4.69, 9.17) is 4.42 Å². The summed E-state index contributed by atoms with van der Waals surface area (Å²) in [7, 11) is 0. The van der Waals surface area contributed by atoms with Crippen molar-refractivity contribution in [1.82, 2.24) is 0 Å². The van der Waals surface area contributed by atoms with E-state index >= 15 is 0 Å². The molecule has 5 heteroatoms. The minimum absolute atomic E-state index is 0. The Bertz CT molecular complexity index is 805. The van der Waals surface area contributed by atoms with Crippen LogP contribution in [0.2, 0.25) is 0 Å². The first-order valence-electron chi connectivity index (χ1n) is 7.25. The fourth-order valence-electron chi connectivity index (χ4n) is 2.35. The van der Waals surface area contributed by atoms with Gasteiger partial charge in [0.05, 0.1) is 5.39 Å². The average molecular weight is 324 g/mol. The Balaban J connectivity index is 0.00000264. The molecule has 1 aromatic carbocycles. The Morgan fingerprint density at radius 2 is 1.57 bits per heavy atom. The second-order valence-electron chi connectivity index (χ2n) is 7.66. The second-order valence-corrected chi connectivity index (χ2v) is 7.66. The number of carboxylic acid groups (broad SMARTS) is 1. The predicted octanol–water partition coefficient (Wildman–Crippen LogP) is -0.244. The van der Waals surface area contributed by atoms with Gasteiger partial charge in [0.2, 0.25) is 0 Å². The average Bonchev–Trinajstić information content (AvgIpc) is 2.35. The van der Waals surface area contributed by atoms with Crippen molar-refractivity contribution >= 4 is 16.9 Å². The topological polar surface area (TPSA) is 70.3 Å². The van der Waals surface area contributed by atoms with E-state index in [2.05, 4.69) is 20.8 Å². The first kappa shape index (κ1) is 19.9. The van der Waals surface area contributed by atoms with Crippen molar-refractivity contribution < 1.29 is 43.9 Å². The van der Waals surface area contributed by atoms with E-state index in [0.717, 1.165) is 17.2 Å². The zero-order valence-electron chi connectivity index (χ0n) is 14.9. The Labute approximate surface area is 158 Å². The van der Waals surface area contributed by atoms with E-state index in [-0.39, 0.29) is 45.8 Å². The maximum Gasteiger partial charge on any atom is 1.00 e. The van der Waals surface area contributed by atoms with Crippen molar-refractivity contribution in [2.24, 2.45) is 0 Å². The molecule has 1 aromatic heterocycles. The van der Waals surface area contributed by atoms with Crippen LogP contribution in [0.1, 0.15) is 63.2 Å². The summed E-state index contributed by atoms with van der Waals surface area (Å²) in [4.78, 5) is 23.4. The number of carbonyl (C=O) groups is 1. The fraction of sp³-hybridized carbons (Fsp3) is 0.444. The van der Waals surface area contributed by atoms with Crippen molar-refractivity contribution in [3.63, 3.8) is 0 Å². The van der Waals surface area contributed by atoms with E-state index in [0.29, 0.717) is 11.0 Å². The van der Waals surface area contributed by atoms with Crippen LogP contribution in [-0.4, -0.2) is 5.97 Å². The summed E-state index contributed by atoms with van der Waals surface area (Å²) in [5.41, 5.74) is 1.37. The molecule has 2 aromatic rings. The molecule has 0 amide bonds. The number of benzene rings is 1. The molecule has 0 fully saturated rings. The maximum absolute atomic E-state index is 12.3. The Morgan fingerprint density at radius 1 is 1.00 bits per heavy atom. The van der Waals surface area contributed by atoms with Crippen LogP contribution < -0.4 is 40.1 Å². The molecule has 23 heavy (non-hydrogen) atoms. The molecule has 0 aliphatic heterocycles. The zero-order chi connectivity index (χ0) is 16.9. The van der Waals surface area contributed by atoms with Gasteiger partial charge in [-0.25, -0.2) is 0 Å². The van der Waals surface area contributed by atoms with Gasteiger partial charge in [-0.2, -0.15) is 0 Å². The second kappa shape index (κ2) is 6.42. The van der Waals surface area contributed by atoms with Crippen LogP contribution >= 0.6 is 0 Å². The molecule has 0 bridgehead atoms.